The Morgan fingerprint density at radius 2 is 1.67 bits per heavy atom. The highest BCUT2D eigenvalue weighted by molar-refractivity contribution is 5.61. The van der Waals surface area contributed by atoms with Crippen LogP contribution in [0.5, 0.6) is 0 Å². The van der Waals surface area contributed by atoms with Gasteiger partial charge in [0.2, 0.25) is 0 Å². The van der Waals surface area contributed by atoms with Crippen molar-refractivity contribution in [3.05, 3.63) is 69.8 Å². The third-order valence-corrected chi connectivity index (χ3v) is 3.17. The van der Waals surface area contributed by atoms with Crippen LogP contribution in [0.3, 0.4) is 0 Å². The zero-order valence-corrected chi connectivity index (χ0v) is 12.2. The molecule has 0 aliphatic heterocycles. The number of nitrogens with zero attached hydrogens (tertiary/aromatic N) is 2. The summed E-state index contributed by atoms with van der Waals surface area (Å²) in [5.41, 5.74) is 3.00. The van der Waals surface area contributed by atoms with Crippen molar-refractivity contribution in [1.82, 2.24) is 4.90 Å². The zero-order chi connectivity index (χ0) is 15.2. The summed E-state index contributed by atoms with van der Waals surface area (Å²) in [7, 11) is 4.04. The first kappa shape index (κ1) is 15.0. The Labute approximate surface area is 124 Å². The Morgan fingerprint density at radius 1 is 1.05 bits per heavy atom. The molecule has 0 aliphatic carbocycles. The number of hydrogen-bond acceptors (Lipinski definition) is 4. The van der Waals surface area contributed by atoms with Crippen LogP contribution in [0.4, 0.5) is 11.4 Å². The third-order valence-electron chi connectivity index (χ3n) is 3.17. The Bertz CT molecular complexity index is 626. The first-order chi connectivity index (χ1) is 10.1. The Balaban J connectivity index is 2.15. The maximum Gasteiger partial charge on any atom is 0.292 e. The maximum atomic E-state index is 11.0. The van der Waals surface area contributed by atoms with E-state index >= 15 is 0 Å². The number of benzene rings is 2. The molecule has 0 unspecified atom stereocenters. The lowest BCUT2D eigenvalue weighted by atomic mass is 10.1. The molecule has 0 aromatic heterocycles. The number of nitro groups is 1. The molecule has 5 heteroatoms. The predicted molar refractivity (Wildman–Crippen MR) is 84.3 cm³/mol. The van der Waals surface area contributed by atoms with Gasteiger partial charge in [-0.15, -0.1) is 0 Å². The van der Waals surface area contributed by atoms with Crippen molar-refractivity contribution in [2.45, 2.75) is 13.1 Å². The summed E-state index contributed by atoms with van der Waals surface area (Å²) in [4.78, 5) is 12.7. The van der Waals surface area contributed by atoms with E-state index in [1.807, 2.05) is 32.3 Å². The molecule has 0 saturated heterocycles. The minimum atomic E-state index is -0.367. The summed E-state index contributed by atoms with van der Waals surface area (Å²) in [5, 5.41) is 14.2. The number of rotatable bonds is 6. The lowest BCUT2D eigenvalue weighted by Gasteiger charge is -2.15. The van der Waals surface area contributed by atoms with Crippen LogP contribution < -0.4 is 5.32 Å². The van der Waals surface area contributed by atoms with Crippen molar-refractivity contribution < 1.29 is 4.92 Å². The van der Waals surface area contributed by atoms with Gasteiger partial charge in [-0.1, -0.05) is 36.4 Å². The number of anilines is 1. The normalized spacial score (nSPS) is 10.6. The van der Waals surface area contributed by atoms with Crippen molar-refractivity contribution in [2.24, 2.45) is 0 Å². The molecule has 0 spiro atoms. The van der Waals surface area contributed by atoms with Gasteiger partial charge in [-0.2, -0.15) is 0 Å². The van der Waals surface area contributed by atoms with E-state index in [0.29, 0.717) is 12.2 Å². The summed E-state index contributed by atoms with van der Waals surface area (Å²) in [6.07, 6.45) is 0. The largest absolute Gasteiger partial charge is 0.375 e. The zero-order valence-electron chi connectivity index (χ0n) is 12.2. The first-order valence-electron chi connectivity index (χ1n) is 6.76. The molecule has 0 fully saturated rings. The molecule has 21 heavy (non-hydrogen) atoms. The highest BCUT2D eigenvalue weighted by atomic mass is 16.6. The Hall–Kier alpha value is -2.40. The van der Waals surface area contributed by atoms with E-state index in [1.54, 1.807) is 18.2 Å². The van der Waals surface area contributed by atoms with E-state index < -0.39 is 0 Å². The van der Waals surface area contributed by atoms with E-state index in [9.17, 15) is 10.1 Å². The standard InChI is InChI=1S/C16H19N3O2/c1-18(2)12-14-8-4-3-7-13(14)11-17-15-9-5-6-10-16(15)19(20)21/h3-10,17H,11-12H2,1-2H3. The molecule has 0 bridgehead atoms. The van der Waals surface area contributed by atoms with Crippen molar-refractivity contribution in [1.29, 1.82) is 0 Å². The van der Waals surface area contributed by atoms with Crippen LogP contribution in [-0.2, 0) is 13.1 Å². The number of nitro benzene ring substituents is 1. The quantitative estimate of drug-likeness (QED) is 0.653. The van der Waals surface area contributed by atoms with Gasteiger partial charge in [0, 0.05) is 19.2 Å². The second-order valence-corrected chi connectivity index (χ2v) is 5.13. The van der Waals surface area contributed by atoms with E-state index in [4.69, 9.17) is 0 Å². The molecule has 5 nitrogen and oxygen atoms in total. The highest BCUT2D eigenvalue weighted by Gasteiger charge is 2.12. The molecule has 1 N–H and O–H groups in total. The number of hydrogen-bond donors (Lipinski definition) is 1. The second-order valence-electron chi connectivity index (χ2n) is 5.13. The molecule has 0 aliphatic rings. The lowest BCUT2D eigenvalue weighted by molar-refractivity contribution is -0.384. The summed E-state index contributed by atoms with van der Waals surface area (Å²) in [6, 6.07) is 14.8. The van der Waals surface area contributed by atoms with Crippen molar-refractivity contribution in [3.63, 3.8) is 0 Å². The summed E-state index contributed by atoms with van der Waals surface area (Å²) in [6.45, 7) is 1.41. The van der Waals surface area contributed by atoms with Crippen LogP contribution in [0.1, 0.15) is 11.1 Å². The fourth-order valence-electron chi connectivity index (χ4n) is 2.20. The molecule has 110 valence electrons. The van der Waals surface area contributed by atoms with E-state index in [-0.39, 0.29) is 10.6 Å². The predicted octanol–water partition coefficient (Wildman–Crippen LogP) is 3.27. The van der Waals surface area contributed by atoms with Crippen LogP contribution in [0.25, 0.3) is 0 Å². The van der Waals surface area contributed by atoms with Crippen LogP contribution >= 0.6 is 0 Å². The SMILES string of the molecule is CN(C)Cc1ccccc1CNc1ccccc1[N+](=O)[O-]. The van der Waals surface area contributed by atoms with Crippen molar-refractivity contribution >= 4 is 11.4 Å². The number of para-hydroxylation sites is 2. The van der Waals surface area contributed by atoms with Gasteiger partial charge in [0.15, 0.2) is 0 Å². The van der Waals surface area contributed by atoms with Crippen LogP contribution in [0.2, 0.25) is 0 Å². The fraction of sp³-hybridized carbons (Fsp3) is 0.250. The van der Waals surface area contributed by atoms with Crippen LogP contribution in [-0.4, -0.2) is 23.9 Å². The van der Waals surface area contributed by atoms with Gasteiger partial charge in [0.05, 0.1) is 4.92 Å². The second kappa shape index (κ2) is 6.85. The minimum Gasteiger partial charge on any atom is -0.375 e. The van der Waals surface area contributed by atoms with Crippen LogP contribution in [0.15, 0.2) is 48.5 Å². The minimum absolute atomic E-state index is 0.0996. The van der Waals surface area contributed by atoms with E-state index in [1.165, 1.54) is 11.6 Å². The molecule has 0 heterocycles. The molecule has 2 rings (SSSR count). The van der Waals surface area contributed by atoms with Gasteiger partial charge in [-0.3, -0.25) is 10.1 Å². The first-order valence-corrected chi connectivity index (χ1v) is 6.76. The lowest BCUT2D eigenvalue weighted by Crippen LogP contribution is -2.13. The van der Waals surface area contributed by atoms with Gasteiger partial charge < -0.3 is 10.2 Å². The maximum absolute atomic E-state index is 11.0. The Kier molecular flexibility index (Phi) is 4.90. The topological polar surface area (TPSA) is 58.4 Å². The van der Waals surface area contributed by atoms with Gasteiger partial charge in [-0.05, 0) is 31.3 Å². The van der Waals surface area contributed by atoms with Gasteiger partial charge in [0.25, 0.3) is 5.69 Å². The Morgan fingerprint density at radius 3 is 2.33 bits per heavy atom. The van der Waals surface area contributed by atoms with Crippen molar-refractivity contribution in [3.8, 4) is 0 Å². The monoisotopic (exact) mass is 285 g/mol. The molecule has 0 atom stereocenters. The van der Waals surface area contributed by atoms with Gasteiger partial charge in [0.1, 0.15) is 5.69 Å². The summed E-state index contributed by atoms with van der Waals surface area (Å²) < 4.78 is 0. The summed E-state index contributed by atoms with van der Waals surface area (Å²) in [5.74, 6) is 0. The smallest absolute Gasteiger partial charge is 0.292 e. The van der Waals surface area contributed by atoms with E-state index in [2.05, 4.69) is 16.3 Å². The van der Waals surface area contributed by atoms with Gasteiger partial charge in [-0.25, -0.2) is 0 Å². The molecule has 0 saturated carbocycles. The average molecular weight is 285 g/mol. The van der Waals surface area contributed by atoms with Gasteiger partial charge >= 0.3 is 0 Å². The molecule has 0 radical (unpaired) electrons. The molecule has 2 aromatic carbocycles. The average Bonchev–Trinajstić information content (AvgIpc) is 2.46. The van der Waals surface area contributed by atoms with E-state index in [0.717, 1.165) is 12.1 Å². The van der Waals surface area contributed by atoms with Crippen LogP contribution in [0, 0.1) is 10.1 Å². The molecular formula is C16H19N3O2. The fourth-order valence-corrected chi connectivity index (χ4v) is 2.20. The molecular weight excluding hydrogens is 266 g/mol. The molecule has 0 amide bonds. The van der Waals surface area contributed by atoms with Crippen molar-refractivity contribution in [2.75, 3.05) is 19.4 Å². The summed E-state index contributed by atoms with van der Waals surface area (Å²) >= 11 is 0. The molecule has 2 aromatic rings. The third kappa shape index (κ3) is 4.03. The number of nitrogens with one attached hydrogen (secondary N) is 1. The highest BCUT2D eigenvalue weighted by Crippen LogP contribution is 2.24.